The number of hydrogen-bond donors (Lipinski definition) is 0. The zero-order chi connectivity index (χ0) is 17.3. The summed E-state index contributed by atoms with van der Waals surface area (Å²) >= 11 is 0. The molecule has 0 saturated heterocycles. The second kappa shape index (κ2) is 8.81. The highest BCUT2D eigenvalue weighted by Crippen LogP contribution is 2.21. The van der Waals surface area contributed by atoms with Gasteiger partial charge in [-0.05, 0) is 16.7 Å². The molecule has 0 spiro atoms. The number of rotatable bonds is 7. The second-order valence-electron chi connectivity index (χ2n) is 5.68. The summed E-state index contributed by atoms with van der Waals surface area (Å²) in [4.78, 5) is 12.6. The van der Waals surface area contributed by atoms with Gasteiger partial charge in [0.25, 0.3) is 0 Å². The average molecular weight is 332 g/mol. The minimum absolute atomic E-state index is 0.234. The van der Waals surface area contributed by atoms with Gasteiger partial charge in [0.15, 0.2) is 6.10 Å². The van der Waals surface area contributed by atoms with E-state index < -0.39 is 6.10 Å². The van der Waals surface area contributed by atoms with Crippen LogP contribution in [0.15, 0.2) is 91.0 Å². The molecule has 0 aromatic heterocycles. The molecule has 3 aromatic carbocycles. The fourth-order valence-electron chi connectivity index (χ4n) is 2.49. The number of carbonyl (C=O) groups excluding carboxylic acids is 1. The lowest BCUT2D eigenvalue weighted by Gasteiger charge is -2.17. The normalized spacial score (nSPS) is 11.7. The van der Waals surface area contributed by atoms with Gasteiger partial charge in [-0.1, -0.05) is 91.0 Å². The van der Waals surface area contributed by atoms with Crippen LogP contribution in [0.2, 0.25) is 0 Å². The van der Waals surface area contributed by atoms with Gasteiger partial charge in [-0.2, -0.15) is 0 Å². The molecule has 126 valence electrons. The minimum Gasteiger partial charge on any atom is -0.459 e. The Bertz CT molecular complexity index is 770. The first kappa shape index (κ1) is 16.9. The molecule has 0 N–H and O–H groups in total. The zero-order valence-corrected chi connectivity index (χ0v) is 13.9. The summed E-state index contributed by atoms with van der Waals surface area (Å²) in [6, 6.07) is 28.8. The first-order valence-corrected chi connectivity index (χ1v) is 8.24. The molecule has 3 heteroatoms. The molecule has 0 aliphatic heterocycles. The highest BCUT2D eigenvalue weighted by atomic mass is 16.6. The molecule has 0 aliphatic rings. The predicted octanol–water partition coefficient (Wildman–Crippen LogP) is 4.69. The molecule has 0 heterocycles. The maximum atomic E-state index is 12.6. The molecular formula is C22H20O3. The fraction of sp³-hybridized carbons (Fsp3) is 0.136. The SMILES string of the molecule is O=C(OCc1ccccc1)C(OCc1ccccc1)c1ccccc1. The third kappa shape index (κ3) is 5.03. The van der Waals surface area contributed by atoms with E-state index in [1.54, 1.807) is 0 Å². The third-order valence-electron chi connectivity index (χ3n) is 3.80. The van der Waals surface area contributed by atoms with Crippen LogP contribution in [0.25, 0.3) is 0 Å². The Morgan fingerprint density at radius 3 is 1.72 bits per heavy atom. The number of benzene rings is 3. The minimum atomic E-state index is -0.745. The van der Waals surface area contributed by atoms with Gasteiger partial charge in [-0.25, -0.2) is 4.79 Å². The number of esters is 1. The molecular weight excluding hydrogens is 312 g/mol. The lowest BCUT2D eigenvalue weighted by molar-refractivity contribution is -0.160. The Morgan fingerprint density at radius 1 is 0.680 bits per heavy atom. The topological polar surface area (TPSA) is 35.5 Å². The van der Waals surface area contributed by atoms with E-state index in [1.807, 2.05) is 91.0 Å². The van der Waals surface area contributed by atoms with E-state index in [-0.39, 0.29) is 12.6 Å². The van der Waals surface area contributed by atoms with E-state index >= 15 is 0 Å². The number of carbonyl (C=O) groups is 1. The van der Waals surface area contributed by atoms with Gasteiger partial charge in [-0.3, -0.25) is 0 Å². The fourth-order valence-corrected chi connectivity index (χ4v) is 2.49. The molecule has 0 radical (unpaired) electrons. The smallest absolute Gasteiger partial charge is 0.340 e. The molecule has 0 bridgehead atoms. The Labute approximate surface area is 147 Å². The van der Waals surface area contributed by atoms with Crippen molar-refractivity contribution in [2.75, 3.05) is 0 Å². The molecule has 0 amide bonds. The molecule has 1 atom stereocenters. The van der Waals surface area contributed by atoms with Gasteiger partial charge in [0, 0.05) is 0 Å². The molecule has 3 rings (SSSR count). The maximum absolute atomic E-state index is 12.6. The van der Waals surface area contributed by atoms with Crippen molar-refractivity contribution in [3.05, 3.63) is 108 Å². The van der Waals surface area contributed by atoms with Crippen LogP contribution in [-0.4, -0.2) is 5.97 Å². The average Bonchev–Trinajstić information content (AvgIpc) is 2.69. The monoisotopic (exact) mass is 332 g/mol. The summed E-state index contributed by atoms with van der Waals surface area (Å²) in [5.74, 6) is -0.383. The largest absolute Gasteiger partial charge is 0.459 e. The van der Waals surface area contributed by atoms with E-state index in [4.69, 9.17) is 9.47 Å². The Morgan fingerprint density at radius 2 is 1.16 bits per heavy atom. The zero-order valence-electron chi connectivity index (χ0n) is 13.9. The van der Waals surface area contributed by atoms with E-state index in [1.165, 1.54) is 0 Å². The quantitative estimate of drug-likeness (QED) is 0.589. The van der Waals surface area contributed by atoms with Gasteiger partial charge in [0.1, 0.15) is 6.61 Å². The first-order valence-electron chi connectivity index (χ1n) is 8.24. The van der Waals surface area contributed by atoms with Gasteiger partial charge in [-0.15, -0.1) is 0 Å². The molecule has 3 nitrogen and oxygen atoms in total. The molecule has 3 aromatic rings. The van der Waals surface area contributed by atoms with Gasteiger partial charge in [0.05, 0.1) is 6.61 Å². The van der Waals surface area contributed by atoms with E-state index in [0.29, 0.717) is 6.61 Å². The van der Waals surface area contributed by atoms with Crippen LogP contribution in [0.5, 0.6) is 0 Å². The standard InChI is InChI=1S/C22H20O3/c23-22(25-17-19-12-6-2-7-13-19)21(20-14-8-3-9-15-20)24-16-18-10-4-1-5-11-18/h1-15,21H,16-17H2. The van der Waals surface area contributed by atoms with Crippen molar-refractivity contribution in [1.82, 2.24) is 0 Å². The van der Waals surface area contributed by atoms with Crippen molar-refractivity contribution in [2.24, 2.45) is 0 Å². The van der Waals surface area contributed by atoms with Crippen LogP contribution in [0.4, 0.5) is 0 Å². The summed E-state index contributed by atoms with van der Waals surface area (Å²) in [7, 11) is 0. The highest BCUT2D eigenvalue weighted by Gasteiger charge is 2.23. The maximum Gasteiger partial charge on any atom is 0.340 e. The van der Waals surface area contributed by atoms with Crippen molar-refractivity contribution < 1.29 is 14.3 Å². The Hall–Kier alpha value is -2.91. The second-order valence-corrected chi connectivity index (χ2v) is 5.68. The third-order valence-corrected chi connectivity index (χ3v) is 3.80. The first-order chi connectivity index (χ1) is 12.3. The summed E-state index contributed by atoms with van der Waals surface area (Å²) < 4.78 is 11.4. The molecule has 25 heavy (non-hydrogen) atoms. The summed E-state index contributed by atoms with van der Waals surface area (Å²) in [6.07, 6.45) is -0.745. The summed E-state index contributed by atoms with van der Waals surface area (Å²) in [6.45, 7) is 0.582. The number of ether oxygens (including phenoxy) is 2. The highest BCUT2D eigenvalue weighted by molar-refractivity contribution is 5.76. The van der Waals surface area contributed by atoms with Gasteiger partial charge in [0.2, 0.25) is 0 Å². The Kier molecular flexibility index (Phi) is 5.96. The molecule has 0 aliphatic carbocycles. The number of hydrogen-bond acceptors (Lipinski definition) is 3. The van der Waals surface area contributed by atoms with E-state index in [0.717, 1.165) is 16.7 Å². The van der Waals surface area contributed by atoms with Crippen LogP contribution in [0.1, 0.15) is 22.8 Å². The lowest BCUT2D eigenvalue weighted by atomic mass is 10.1. The predicted molar refractivity (Wildman–Crippen MR) is 96.7 cm³/mol. The lowest BCUT2D eigenvalue weighted by Crippen LogP contribution is -2.19. The molecule has 1 unspecified atom stereocenters. The Balaban J connectivity index is 1.68. The van der Waals surface area contributed by atoms with Crippen molar-refractivity contribution in [1.29, 1.82) is 0 Å². The van der Waals surface area contributed by atoms with Crippen LogP contribution in [0, 0.1) is 0 Å². The van der Waals surface area contributed by atoms with Crippen molar-refractivity contribution in [2.45, 2.75) is 19.3 Å². The van der Waals surface area contributed by atoms with Crippen molar-refractivity contribution in [3.8, 4) is 0 Å². The van der Waals surface area contributed by atoms with E-state index in [2.05, 4.69) is 0 Å². The summed E-state index contributed by atoms with van der Waals surface area (Å²) in [5.41, 5.74) is 2.75. The van der Waals surface area contributed by atoms with Gasteiger partial charge >= 0.3 is 5.97 Å². The van der Waals surface area contributed by atoms with Crippen LogP contribution >= 0.6 is 0 Å². The van der Waals surface area contributed by atoms with Crippen molar-refractivity contribution in [3.63, 3.8) is 0 Å². The van der Waals surface area contributed by atoms with E-state index in [9.17, 15) is 4.79 Å². The molecule has 0 saturated carbocycles. The van der Waals surface area contributed by atoms with Crippen LogP contribution < -0.4 is 0 Å². The van der Waals surface area contributed by atoms with Crippen LogP contribution in [-0.2, 0) is 27.5 Å². The van der Waals surface area contributed by atoms with Gasteiger partial charge < -0.3 is 9.47 Å². The van der Waals surface area contributed by atoms with Crippen LogP contribution in [0.3, 0.4) is 0 Å². The molecule has 0 fully saturated rings. The summed E-state index contributed by atoms with van der Waals surface area (Å²) in [5, 5.41) is 0. The van der Waals surface area contributed by atoms with Crippen molar-refractivity contribution >= 4 is 5.97 Å².